The third-order valence-corrected chi connectivity index (χ3v) is 4.58. The molecule has 1 unspecified atom stereocenters. The van der Waals surface area contributed by atoms with Crippen molar-refractivity contribution in [1.82, 2.24) is 10.3 Å². The predicted octanol–water partition coefficient (Wildman–Crippen LogP) is 2.64. The number of nitrogens with zero attached hydrogens (tertiary/aromatic N) is 2. The zero-order chi connectivity index (χ0) is 13.5. The van der Waals surface area contributed by atoms with Crippen LogP contribution in [0.15, 0.2) is 24.4 Å². The SMILES string of the molecule is CSCC(C)CNC1CCN(c2ccccn2)CC1. The highest BCUT2D eigenvalue weighted by Crippen LogP contribution is 2.17. The lowest BCUT2D eigenvalue weighted by Gasteiger charge is -2.33. The third kappa shape index (κ3) is 4.69. The van der Waals surface area contributed by atoms with Gasteiger partial charge in [-0.05, 0) is 49.4 Å². The lowest BCUT2D eigenvalue weighted by atomic mass is 10.0. The number of pyridine rings is 1. The highest BCUT2D eigenvalue weighted by atomic mass is 32.2. The number of piperidine rings is 1. The minimum atomic E-state index is 0.685. The summed E-state index contributed by atoms with van der Waals surface area (Å²) in [4.78, 5) is 6.82. The van der Waals surface area contributed by atoms with E-state index in [1.165, 1.54) is 18.6 Å². The summed E-state index contributed by atoms with van der Waals surface area (Å²) in [5.41, 5.74) is 0. The average molecular weight is 279 g/mol. The predicted molar refractivity (Wildman–Crippen MR) is 85.0 cm³/mol. The minimum Gasteiger partial charge on any atom is -0.357 e. The van der Waals surface area contributed by atoms with Gasteiger partial charge in [0.1, 0.15) is 5.82 Å². The molecule has 0 saturated carbocycles. The molecule has 2 heterocycles. The summed E-state index contributed by atoms with van der Waals surface area (Å²) in [6.07, 6.45) is 6.51. The number of rotatable bonds is 6. The van der Waals surface area contributed by atoms with Crippen LogP contribution in [-0.4, -0.2) is 42.7 Å². The number of hydrogen-bond acceptors (Lipinski definition) is 4. The first-order valence-electron chi connectivity index (χ1n) is 7.18. The van der Waals surface area contributed by atoms with Gasteiger partial charge in [0.2, 0.25) is 0 Å². The summed E-state index contributed by atoms with van der Waals surface area (Å²) in [7, 11) is 0. The Hall–Kier alpha value is -0.740. The van der Waals surface area contributed by atoms with Gasteiger partial charge in [-0.1, -0.05) is 13.0 Å². The zero-order valence-corrected chi connectivity index (χ0v) is 12.8. The topological polar surface area (TPSA) is 28.2 Å². The Morgan fingerprint density at radius 2 is 2.21 bits per heavy atom. The molecular weight excluding hydrogens is 254 g/mol. The van der Waals surface area contributed by atoms with Crippen LogP contribution in [0.25, 0.3) is 0 Å². The Kier molecular flexibility index (Phi) is 5.98. The van der Waals surface area contributed by atoms with Crippen LogP contribution >= 0.6 is 11.8 Å². The van der Waals surface area contributed by atoms with Gasteiger partial charge in [-0.3, -0.25) is 0 Å². The molecule has 1 N–H and O–H groups in total. The number of aromatic nitrogens is 1. The molecule has 0 spiro atoms. The lowest BCUT2D eigenvalue weighted by molar-refractivity contribution is 0.393. The minimum absolute atomic E-state index is 0.685. The third-order valence-electron chi connectivity index (χ3n) is 3.67. The largest absolute Gasteiger partial charge is 0.357 e. The molecule has 1 aromatic rings. The lowest BCUT2D eigenvalue weighted by Crippen LogP contribution is -2.44. The molecule has 0 aromatic carbocycles. The van der Waals surface area contributed by atoms with Gasteiger partial charge >= 0.3 is 0 Å². The van der Waals surface area contributed by atoms with E-state index in [2.05, 4.69) is 40.5 Å². The standard InChI is InChI=1S/C15H25N3S/c1-13(12-19-2)11-17-14-6-9-18(10-7-14)15-5-3-4-8-16-15/h3-5,8,13-14,17H,6-7,9-12H2,1-2H3. The monoisotopic (exact) mass is 279 g/mol. The summed E-state index contributed by atoms with van der Waals surface area (Å²) in [5.74, 6) is 3.14. The molecule has 1 aliphatic heterocycles. The molecule has 1 aromatic heterocycles. The van der Waals surface area contributed by atoms with E-state index in [9.17, 15) is 0 Å². The second-order valence-corrected chi connectivity index (χ2v) is 6.33. The van der Waals surface area contributed by atoms with Crippen LogP contribution in [0.1, 0.15) is 19.8 Å². The van der Waals surface area contributed by atoms with Gasteiger partial charge in [0.15, 0.2) is 0 Å². The van der Waals surface area contributed by atoms with Crippen molar-refractivity contribution in [3.63, 3.8) is 0 Å². The Morgan fingerprint density at radius 1 is 1.42 bits per heavy atom. The highest BCUT2D eigenvalue weighted by Gasteiger charge is 2.19. The highest BCUT2D eigenvalue weighted by molar-refractivity contribution is 7.98. The van der Waals surface area contributed by atoms with Crippen molar-refractivity contribution in [3.05, 3.63) is 24.4 Å². The van der Waals surface area contributed by atoms with Crippen molar-refractivity contribution in [2.45, 2.75) is 25.8 Å². The van der Waals surface area contributed by atoms with E-state index in [1.54, 1.807) is 0 Å². The summed E-state index contributed by atoms with van der Waals surface area (Å²) < 4.78 is 0. The van der Waals surface area contributed by atoms with Crippen molar-refractivity contribution < 1.29 is 0 Å². The number of anilines is 1. The van der Waals surface area contributed by atoms with Gasteiger partial charge < -0.3 is 10.2 Å². The van der Waals surface area contributed by atoms with Crippen LogP contribution in [0.5, 0.6) is 0 Å². The van der Waals surface area contributed by atoms with E-state index in [0.717, 1.165) is 31.4 Å². The van der Waals surface area contributed by atoms with Crippen LogP contribution in [0.2, 0.25) is 0 Å². The van der Waals surface area contributed by atoms with E-state index in [0.29, 0.717) is 6.04 Å². The van der Waals surface area contributed by atoms with Gasteiger partial charge in [0, 0.05) is 25.3 Å². The fourth-order valence-electron chi connectivity index (χ4n) is 2.56. The first kappa shape index (κ1) is 14.7. The fraction of sp³-hybridized carbons (Fsp3) is 0.667. The van der Waals surface area contributed by atoms with Gasteiger partial charge in [-0.25, -0.2) is 4.98 Å². The molecule has 2 rings (SSSR count). The number of thioether (sulfide) groups is 1. The summed E-state index contributed by atoms with van der Waals surface area (Å²) >= 11 is 1.94. The van der Waals surface area contributed by atoms with Gasteiger partial charge in [-0.15, -0.1) is 0 Å². The van der Waals surface area contributed by atoms with Crippen LogP contribution < -0.4 is 10.2 Å². The second kappa shape index (κ2) is 7.75. The molecular formula is C15H25N3S. The molecule has 3 nitrogen and oxygen atoms in total. The molecule has 19 heavy (non-hydrogen) atoms. The Morgan fingerprint density at radius 3 is 2.84 bits per heavy atom. The first-order chi connectivity index (χ1) is 9.29. The summed E-state index contributed by atoms with van der Waals surface area (Å²) in [6, 6.07) is 6.83. The van der Waals surface area contributed by atoms with E-state index in [-0.39, 0.29) is 0 Å². The normalized spacial score (nSPS) is 18.5. The molecule has 106 valence electrons. The Labute approximate surface area is 121 Å². The van der Waals surface area contributed by atoms with Crippen LogP contribution in [0.4, 0.5) is 5.82 Å². The fourth-order valence-corrected chi connectivity index (χ4v) is 3.25. The number of nitrogens with one attached hydrogen (secondary N) is 1. The van der Waals surface area contributed by atoms with E-state index in [1.807, 2.05) is 24.0 Å². The molecule has 1 aliphatic rings. The molecule has 1 fully saturated rings. The maximum Gasteiger partial charge on any atom is 0.128 e. The first-order valence-corrected chi connectivity index (χ1v) is 8.57. The van der Waals surface area contributed by atoms with Crippen molar-refractivity contribution in [2.75, 3.05) is 36.5 Å². The molecule has 0 bridgehead atoms. The molecule has 0 amide bonds. The summed E-state index contributed by atoms with van der Waals surface area (Å²) in [5, 5.41) is 3.72. The molecule has 1 saturated heterocycles. The van der Waals surface area contributed by atoms with Crippen molar-refractivity contribution >= 4 is 17.6 Å². The van der Waals surface area contributed by atoms with Gasteiger partial charge in [-0.2, -0.15) is 11.8 Å². The van der Waals surface area contributed by atoms with Gasteiger partial charge in [0.25, 0.3) is 0 Å². The van der Waals surface area contributed by atoms with E-state index in [4.69, 9.17) is 0 Å². The van der Waals surface area contributed by atoms with E-state index < -0.39 is 0 Å². The summed E-state index contributed by atoms with van der Waals surface area (Å²) in [6.45, 7) is 5.71. The molecule has 1 atom stereocenters. The molecule has 0 aliphatic carbocycles. The number of hydrogen-bond donors (Lipinski definition) is 1. The van der Waals surface area contributed by atoms with Crippen molar-refractivity contribution in [1.29, 1.82) is 0 Å². The molecule has 4 heteroatoms. The Bertz CT molecular complexity index is 350. The Balaban J connectivity index is 1.71. The average Bonchev–Trinajstić information content (AvgIpc) is 2.47. The zero-order valence-electron chi connectivity index (χ0n) is 12.0. The quantitative estimate of drug-likeness (QED) is 0.866. The van der Waals surface area contributed by atoms with E-state index >= 15 is 0 Å². The second-order valence-electron chi connectivity index (χ2n) is 5.42. The van der Waals surface area contributed by atoms with Gasteiger partial charge in [0.05, 0.1) is 0 Å². The van der Waals surface area contributed by atoms with Crippen LogP contribution in [-0.2, 0) is 0 Å². The van der Waals surface area contributed by atoms with Crippen LogP contribution in [0, 0.1) is 5.92 Å². The molecule has 0 radical (unpaired) electrons. The smallest absolute Gasteiger partial charge is 0.128 e. The van der Waals surface area contributed by atoms with Crippen LogP contribution in [0.3, 0.4) is 0 Å². The maximum atomic E-state index is 4.43. The maximum absolute atomic E-state index is 4.43. The van der Waals surface area contributed by atoms with Crippen molar-refractivity contribution in [2.24, 2.45) is 5.92 Å². The van der Waals surface area contributed by atoms with Crippen molar-refractivity contribution in [3.8, 4) is 0 Å².